The van der Waals surface area contributed by atoms with Gasteiger partial charge in [0.1, 0.15) is 11.5 Å². The smallest absolute Gasteiger partial charge is 0.213 e. The van der Waals surface area contributed by atoms with Gasteiger partial charge in [0, 0.05) is 27.0 Å². The quantitative estimate of drug-likeness (QED) is 0.412. The van der Waals surface area contributed by atoms with Crippen LogP contribution in [-0.4, -0.2) is 17.3 Å². The molecule has 0 fully saturated rings. The van der Waals surface area contributed by atoms with Gasteiger partial charge in [-0.3, -0.25) is 0 Å². The van der Waals surface area contributed by atoms with Gasteiger partial charge < -0.3 is 9.47 Å². The maximum atomic E-state index is 6.40. The zero-order valence-corrected chi connectivity index (χ0v) is 18.7. The van der Waals surface area contributed by atoms with Gasteiger partial charge in [-0.1, -0.05) is 39.7 Å². The minimum Gasteiger partial charge on any atom is -0.494 e. The van der Waals surface area contributed by atoms with Crippen molar-refractivity contribution in [2.45, 2.75) is 25.6 Å². The third-order valence-electron chi connectivity index (χ3n) is 5.41. The van der Waals surface area contributed by atoms with Crippen molar-refractivity contribution < 1.29 is 9.47 Å². The van der Waals surface area contributed by atoms with Gasteiger partial charge in [-0.15, -0.1) is 0 Å². The molecule has 152 valence electrons. The van der Waals surface area contributed by atoms with E-state index in [0.29, 0.717) is 11.6 Å². The molecule has 0 spiro atoms. The SMILES string of the molecule is CCOc1ccc(C2=NN3[C@H](C2)c2cc(Br)ccc2O[C@@H]3c2ccc(Cl)cc2)cc1. The first-order valence-corrected chi connectivity index (χ1v) is 11.1. The van der Waals surface area contributed by atoms with Gasteiger partial charge in [-0.2, -0.15) is 5.10 Å². The molecule has 0 unspecified atom stereocenters. The molecule has 0 N–H and O–H groups in total. The molecular formula is C24H20BrClN2O2. The lowest BCUT2D eigenvalue weighted by atomic mass is 9.96. The van der Waals surface area contributed by atoms with Crippen LogP contribution < -0.4 is 9.47 Å². The highest BCUT2D eigenvalue weighted by Crippen LogP contribution is 2.48. The third kappa shape index (κ3) is 3.57. The molecule has 5 rings (SSSR count). The second kappa shape index (κ2) is 7.97. The topological polar surface area (TPSA) is 34.1 Å². The fourth-order valence-corrected chi connectivity index (χ4v) is 4.49. The summed E-state index contributed by atoms with van der Waals surface area (Å²) >= 11 is 9.70. The van der Waals surface area contributed by atoms with Crippen LogP contribution in [0.4, 0.5) is 0 Å². The van der Waals surface area contributed by atoms with Crippen LogP contribution in [0.3, 0.4) is 0 Å². The van der Waals surface area contributed by atoms with Crippen LogP contribution in [0.5, 0.6) is 11.5 Å². The Kier molecular flexibility index (Phi) is 5.17. The number of hydrogen-bond acceptors (Lipinski definition) is 4. The first kappa shape index (κ1) is 19.5. The number of benzene rings is 3. The van der Waals surface area contributed by atoms with Gasteiger partial charge in [-0.25, -0.2) is 5.01 Å². The van der Waals surface area contributed by atoms with E-state index >= 15 is 0 Å². The molecule has 0 radical (unpaired) electrons. The van der Waals surface area contributed by atoms with Gasteiger partial charge in [0.2, 0.25) is 6.23 Å². The lowest BCUT2D eigenvalue weighted by Gasteiger charge is -2.38. The summed E-state index contributed by atoms with van der Waals surface area (Å²) < 4.78 is 13.0. The van der Waals surface area contributed by atoms with Crippen LogP contribution in [-0.2, 0) is 0 Å². The number of hydrogen-bond donors (Lipinski definition) is 0. The Balaban J connectivity index is 1.54. The average molecular weight is 484 g/mol. The van der Waals surface area contributed by atoms with Crippen LogP contribution in [0.2, 0.25) is 5.02 Å². The second-order valence-electron chi connectivity index (χ2n) is 7.31. The maximum absolute atomic E-state index is 6.40. The molecule has 2 aliphatic heterocycles. The summed E-state index contributed by atoms with van der Waals surface area (Å²) in [5, 5.41) is 7.78. The van der Waals surface area contributed by atoms with E-state index in [1.54, 1.807) is 0 Å². The summed E-state index contributed by atoms with van der Waals surface area (Å²) in [6, 6.07) is 22.2. The number of halogens is 2. The Labute approximate surface area is 189 Å². The van der Waals surface area contributed by atoms with E-state index in [2.05, 4.69) is 39.1 Å². The molecule has 3 aromatic carbocycles. The summed E-state index contributed by atoms with van der Waals surface area (Å²) in [4.78, 5) is 0. The molecule has 0 amide bonds. The first-order chi connectivity index (χ1) is 14.6. The summed E-state index contributed by atoms with van der Waals surface area (Å²) in [5.74, 6) is 1.76. The molecule has 0 aliphatic carbocycles. The minimum absolute atomic E-state index is 0.105. The molecule has 2 heterocycles. The van der Waals surface area contributed by atoms with Crippen molar-refractivity contribution in [3.63, 3.8) is 0 Å². The summed E-state index contributed by atoms with van der Waals surface area (Å²) in [7, 11) is 0. The number of fused-ring (bicyclic) bond motifs is 3. The fraction of sp³-hybridized carbons (Fsp3) is 0.208. The lowest BCUT2D eigenvalue weighted by molar-refractivity contribution is -0.0190. The molecular weight excluding hydrogens is 464 g/mol. The third-order valence-corrected chi connectivity index (χ3v) is 6.15. The van der Waals surface area contributed by atoms with Crippen molar-refractivity contribution in [3.8, 4) is 11.5 Å². The Bertz CT molecular complexity index is 1100. The Morgan fingerprint density at radius 2 is 1.87 bits per heavy atom. The number of nitrogens with zero attached hydrogens (tertiary/aromatic N) is 2. The van der Waals surface area contributed by atoms with E-state index in [9.17, 15) is 0 Å². The van der Waals surface area contributed by atoms with E-state index in [1.807, 2.05) is 55.5 Å². The van der Waals surface area contributed by atoms with E-state index in [0.717, 1.165) is 44.8 Å². The number of rotatable bonds is 4. The summed E-state index contributed by atoms with van der Waals surface area (Å²) in [6.45, 7) is 2.64. The molecule has 4 nitrogen and oxygen atoms in total. The Morgan fingerprint density at radius 3 is 2.60 bits per heavy atom. The highest BCUT2D eigenvalue weighted by atomic mass is 79.9. The van der Waals surface area contributed by atoms with E-state index in [1.165, 1.54) is 0 Å². The second-order valence-corrected chi connectivity index (χ2v) is 8.66. The van der Waals surface area contributed by atoms with Gasteiger partial charge in [0.05, 0.1) is 18.4 Å². The van der Waals surface area contributed by atoms with Crippen molar-refractivity contribution in [1.29, 1.82) is 0 Å². The van der Waals surface area contributed by atoms with E-state index < -0.39 is 0 Å². The standard InChI is InChI=1S/C24H20BrClN2O2/c1-2-29-19-10-5-15(6-11-19)21-14-22-20-13-17(25)7-12-23(20)30-24(28(22)27-21)16-3-8-18(26)9-4-16/h3-13,22,24H,2,14H2,1H3/t22-,24-/m1/s1. The summed E-state index contributed by atoms with van der Waals surface area (Å²) in [5.41, 5.74) is 4.30. The van der Waals surface area contributed by atoms with Crippen LogP contribution in [0, 0.1) is 0 Å². The molecule has 3 aromatic rings. The van der Waals surface area contributed by atoms with Crippen LogP contribution in [0.1, 0.15) is 42.3 Å². The largest absolute Gasteiger partial charge is 0.494 e. The molecule has 2 atom stereocenters. The monoisotopic (exact) mass is 482 g/mol. The van der Waals surface area contributed by atoms with Crippen molar-refractivity contribution in [2.75, 3.05) is 6.61 Å². The number of ether oxygens (including phenoxy) is 2. The predicted octanol–water partition coefficient (Wildman–Crippen LogP) is 6.74. The molecule has 6 heteroatoms. The molecule has 0 saturated heterocycles. The van der Waals surface area contributed by atoms with Gasteiger partial charge in [-0.05, 0) is 67.1 Å². The highest BCUT2D eigenvalue weighted by Gasteiger charge is 2.41. The van der Waals surface area contributed by atoms with Gasteiger partial charge >= 0.3 is 0 Å². The number of hydrazone groups is 1. The van der Waals surface area contributed by atoms with Crippen LogP contribution in [0.25, 0.3) is 0 Å². The predicted molar refractivity (Wildman–Crippen MR) is 122 cm³/mol. The lowest BCUT2D eigenvalue weighted by Crippen LogP contribution is -2.33. The zero-order chi connectivity index (χ0) is 20.7. The van der Waals surface area contributed by atoms with Crippen molar-refractivity contribution >= 4 is 33.2 Å². The fourth-order valence-electron chi connectivity index (χ4n) is 3.99. The van der Waals surface area contributed by atoms with Crippen LogP contribution >= 0.6 is 27.5 Å². The van der Waals surface area contributed by atoms with Crippen molar-refractivity contribution in [3.05, 3.63) is 92.9 Å². The first-order valence-electron chi connectivity index (χ1n) is 9.93. The zero-order valence-electron chi connectivity index (χ0n) is 16.4. The maximum Gasteiger partial charge on any atom is 0.213 e. The van der Waals surface area contributed by atoms with E-state index in [-0.39, 0.29) is 12.3 Å². The highest BCUT2D eigenvalue weighted by molar-refractivity contribution is 9.10. The minimum atomic E-state index is -0.304. The van der Waals surface area contributed by atoms with Crippen LogP contribution in [0.15, 0.2) is 76.3 Å². The molecule has 30 heavy (non-hydrogen) atoms. The van der Waals surface area contributed by atoms with Crippen molar-refractivity contribution in [1.82, 2.24) is 5.01 Å². The van der Waals surface area contributed by atoms with E-state index in [4.69, 9.17) is 26.2 Å². The normalized spacial score (nSPS) is 19.6. The molecule has 0 saturated carbocycles. The van der Waals surface area contributed by atoms with Gasteiger partial charge in [0.25, 0.3) is 0 Å². The van der Waals surface area contributed by atoms with Gasteiger partial charge in [0.15, 0.2) is 0 Å². The molecule has 0 aromatic heterocycles. The summed E-state index contributed by atoms with van der Waals surface area (Å²) in [6.07, 6.45) is 0.506. The average Bonchev–Trinajstić information content (AvgIpc) is 3.21. The Hall–Kier alpha value is -2.50. The molecule has 2 aliphatic rings. The Morgan fingerprint density at radius 1 is 1.10 bits per heavy atom. The van der Waals surface area contributed by atoms with Crippen molar-refractivity contribution in [2.24, 2.45) is 5.10 Å². The molecule has 0 bridgehead atoms.